The average Bonchev–Trinajstić information content (AvgIpc) is 2.97. The number of nitrogens with zero attached hydrogens (tertiary/aromatic N) is 2. The zero-order valence-electron chi connectivity index (χ0n) is 13.6. The van der Waals surface area contributed by atoms with E-state index in [0.29, 0.717) is 12.2 Å². The van der Waals surface area contributed by atoms with Gasteiger partial charge in [0.15, 0.2) is 6.61 Å². The highest BCUT2D eigenvalue weighted by Crippen LogP contribution is 2.11. The Labute approximate surface area is 135 Å². The van der Waals surface area contributed by atoms with Crippen LogP contribution in [0.1, 0.15) is 16.1 Å². The summed E-state index contributed by atoms with van der Waals surface area (Å²) >= 11 is 0. The molecule has 23 heavy (non-hydrogen) atoms. The number of esters is 1. The number of benzene rings is 1. The smallest absolute Gasteiger partial charge is 0.355 e. The van der Waals surface area contributed by atoms with Crippen molar-refractivity contribution in [3.63, 3.8) is 0 Å². The van der Waals surface area contributed by atoms with Gasteiger partial charge < -0.3 is 19.5 Å². The van der Waals surface area contributed by atoms with Gasteiger partial charge >= 0.3 is 5.97 Å². The first-order valence-electron chi connectivity index (χ1n) is 7.29. The summed E-state index contributed by atoms with van der Waals surface area (Å²) < 4.78 is 6.63. The van der Waals surface area contributed by atoms with E-state index >= 15 is 0 Å². The lowest BCUT2D eigenvalue weighted by atomic mass is 10.2. The highest BCUT2D eigenvalue weighted by Gasteiger charge is 2.12. The number of nitrogens with one attached hydrogen (secondary N) is 1. The van der Waals surface area contributed by atoms with Gasteiger partial charge in [0.1, 0.15) is 5.69 Å². The van der Waals surface area contributed by atoms with E-state index in [1.807, 2.05) is 43.3 Å². The van der Waals surface area contributed by atoms with Gasteiger partial charge in [0.05, 0.1) is 0 Å². The summed E-state index contributed by atoms with van der Waals surface area (Å²) in [5, 5.41) is 2.73. The molecule has 1 N–H and O–H groups in total. The van der Waals surface area contributed by atoms with Crippen molar-refractivity contribution in [2.24, 2.45) is 7.05 Å². The van der Waals surface area contributed by atoms with Crippen molar-refractivity contribution in [3.05, 3.63) is 53.9 Å². The third-order valence-corrected chi connectivity index (χ3v) is 3.43. The van der Waals surface area contributed by atoms with E-state index in [1.54, 1.807) is 29.9 Å². The van der Waals surface area contributed by atoms with Crippen LogP contribution in [-0.2, 0) is 23.1 Å². The molecule has 0 unspecified atom stereocenters. The summed E-state index contributed by atoms with van der Waals surface area (Å²) in [6.45, 7) is 0.105. The maximum Gasteiger partial charge on any atom is 0.355 e. The predicted octanol–water partition coefficient (Wildman–Crippen LogP) is 1.56. The molecule has 0 saturated carbocycles. The van der Waals surface area contributed by atoms with Crippen LogP contribution in [0.3, 0.4) is 0 Å². The van der Waals surface area contributed by atoms with E-state index in [2.05, 4.69) is 5.32 Å². The molecule has 1 heterocycles. The quantitative estimate of drug-likeness (QED) is 0.822. The number of ether oxygens (including phenoxy) is 1. The van der Waals surface area contributed by atoms with Gasteiger partial charge in [-0.3, -0.25) is 4.79 Å². The molecule has 1 amide bonds. The van der Waals surface area contributed by atoms with Crippen LogP contribution in [0.5, 0.6) is 0 Å². The number of aryl methyl sites for hydroxylation is 1. The van der Waals surface area contributed by atoms with Crippen LogP contribution in [0.4, 0.5) is 5.69 Å². The van der Waals surface area contributed by atoms with Gasteiger partial charge in [0.25, 0.3) is 5.91 Å². The Bertz CT molecular complexity index is 675. The summed E-state index contributed by atoms with van der Waals surface area (Å²) in [6, 6.07) is 11.3. The standard InChI is InChI=1S/C17H21N3O3/c1-19(2)14-8-6-13(7-9-14)11-18-16(21)12-23-17(22)15-5-4-10-20(15)3/h4-10H,11-12H2,1-3H3,(H,18,21). The predicted molar refractivity (Wildman–Crippen MR) is 88.3 cm³/mol. The molecule has 0 aliphatic rings. The van der Waals surface area contributed by atoms with Crippen molar-refractivity contribution in [1.29, 1.82) is 0 Å². The number of hydrogen-bond acceptors (Lipinski definition) is 4. The molecule has 2 aromatic rings. The number of amides is 1. The topological polar surface area (TPSA) is 63.6 Å². The zero-order chi connectivity index (χ0) is 16.8. The van der Waals surface area contributed by atoms with E-state index in [4.69, 9.17) is 4.74 Å². The van der Waals surface area contributed by atoms with Gasteiger partial charge in [-0.2, -0.15) is 0 Å². The average molecular weight is 315 g/mol. The summed E-state index contributed by atoms with van der Waals surface area (Å²) in [5.41, 5.74) is 2.49. The largest absolute Gasteiger partial charge is 0.451 e. The molecule has 0 bridgehead atoms. The summed E-state index contributed by atoms with van der Waals surface area (Å²) in [4.78, 5) is 25.5. The Balaban J connectivity index is 1.77. The van der Waals surface area contributed by atoms with Crippen LogP contribution in [0.15, 0.2) is 42.6 Å². The van der Waals surface area contributed by atoms with Crippen LogP contribution < -0.4 is 10.2 Å². The molecule has 2 rings (SSSR count). The fraction of sp³-hybridized carbons (Fsp3) is 0.294. The molecule has 0 saturated heterocycles. The summed E-state index contributed by atoms with van der Waals surface area (Å²) in [5.74, 6) is -0.841. The number of carbonyl (C=O) groups excluding carboxylic acids is 2. The number of rotatable bonds is 6. The lowest BCUT2D eigenvalue weighted by molar-refractivity contribution is -0.124. The second-order valence-corrected chi connectivity index (χ2v) is 5.42. The van der Waals surface area contributed by atoms with Crippen LogP contribution in [0.25, 0.3) is 0 Å². The lowest BCUT2D eigenvalue weighted by Gasteiger charge is -2.13. The molecule has 6 heteroatoms. The molecule has 1 aromatic heterocycles. The third kappa shape index (κ3) is 4.60. The van der Waals surface area contributed by atoms with E-state index < -0.39 is 5.97 Å². The molecular formula is C17H21N3O3. The molecule has 0 aliphatic carbocycles. The minimum atomic E-state index is -0.511. The first kappa shape index (κ1) is 16.6. The fourth-order valence-electron chi connectivity index (χ4n) is 2.04. The van der Waals surface area contributed by atoms with Crippen molar-refractivity contribution in [2.45, 2.75) is 6.54 Å². The molecule has 0 fully saturated rings. The highest BCUT2D eigenvalue weighted by molar-refractivity contribution is 5.89. The molecular weight excluding hydrogens is 294 g/mol. The number of aromatic nitrogens is 1. The normalized spacial score (nSPS) is 10.2. The Morgan fingerprint density at radius 1 is 1.17 bits per heavy atom. The molecule has 1 aromatic carbocycles. The number of anilines is 1. The van der Waals surface area contributed by atoms with E-state index in [0.717, 1.165) is 11.3 Å². The number of hydrogen-bond donors (Lipinski definition) is 1. The van der Waals surface area contributed by atoms with Crippen LogP contribution in [0.2, 0.25) is 0 Å². The summed E-state index contributed by atoms with van der Waals surface area (Å²) in [6.07, 6.45) is 1.74. The van der Waals surface area contributed by atoms with Crippen molar-refractivity contribution >= 4 is 17.6 Å². The number of carbonyl (C=O) groups is 2. The Morgan fingerprint density at radius 3 is 2.43 bits per heavy atom. The van der Waals surface area contributed by atoms with Gasteiger partial charge in [0, 0.05) is 39.6 Å². The maximum absolute atomic E-state index is 11.8. The summed E-state index contributed by atoms with van der Waals surface area (Å²) in [7, 11) is 5.68. The molecule has 6 nitrogen and oxygen atoms in total. The van der Waals surface area contributed by atoms with Crippen molar-refractivity contribution in [3.8, 4) is 0 Å². The van der Waals surface area contributed by atoms with Crippen molar-refractivity contribution < 1.29 is 14.3 Å². The Morgan fingerprint density at radius 2 is 1.87 bits per heavy atom. The van der Waals surface area contributed by atoms with E-state index in [-0.39, 0.29) is 12.5 Å². The van der Waals surface area contributed by atoms with Gasteiger partial charge in [-0.25, -0.2) is 4.79 Å². The van der Waals surface area contributed by atoms with Crippen LogP contribution >= 0.6 is 0 Å². The zero-order valence-corrected chi connectivity index (χ0v) is 13.6. The molecule has 0 atom stereocenters. The molecule has 0 aliphatic heterocycles. The molecule has 0 radical (unpaired) electrons. The molecule has 0 spiro atoms. The third-order valence-electron chi connectivity index (χ3n) is 3.43. The SMILES string of the molecule is CN(C)c1ccc(CNC(=O)COC(=O)c2cccn2C)cc1. The fourth-order valence-corrected chi connectivity index (χ4v) is 2.04. The lowest BCUT2D eigenvalue weighted by Crippen LogP contribution is -2.28. The second kappa shape index (κ2) is 7.49. The highest BCUT2D eigenvalue weighted by atomic mass is 16.5. The second-order valence-electron chi connectivity index (χ2n) is 5.42. The maximum atomic E-state index is 11.8. The first-order chi connectivity index (χ1) is 11.0. The Hall–Kier alpha value is -2.76. The Kier molecular flexibility index (Phi) is 5.41. The molecule has 122 valence electrons. The van der Waals surface area contributed by atoms with Crippen molar-refractivity contribution in [2.75, 3.05) is 25.6 Å². The minimum Gasteiger partial charge on any atom is -0.451 e. The monoisotopic (exact) mass is 315 g/mol. The van der Waals surface area contributed by atoms with Gasteiger partial charge in [-0.1, -0.05) is 12.1 Å². The van der Waals surface area contributed by atoms with Crippen LogP contribution in [-0.4, -0.2) is 37.1 Å². The van der Waals surface area contributed by atoms with E-state index in [9.17, 15) is 9.59 Å². The van der Waals surface area contributed by atoms with E-state index in [1.165, 1.54) is 0 Å². The van der Waals surface area contributed by atoms with Crippen LogP contribution in [0, 0.1) is 0 Å². The first-order valence-corrected chi connectivity index (χ1v) is 7.29. The van der Waals surface area contributed by atoms with Gasteiger partial charge in [-0.05, 0) is 29.8 Å². The van der Waals surface area contributed by atoms with Gasteiger partial charge in [-0.15, -0.1) is 0 Å². The minimum absolute atomic E-state index is 0.292. The van der Waals surface area contributed by atoms with Crippen molar-refractivity contribution in [1.82, 2.24) is 9.88 Å². The van der Waals surface area contributed by atoms with Gasteiger partial charge in [0.2, 0.25) is 0 Å².